The van der Waals surface area contributed by atoms with Crippen molar-refractivity contribution in [2.75, 3.05) is 13.2 Å². The van der Waals surface area contributed by atoms with Crippen molar-refractivity contribution in [3.05, 3.63) is 27.9 Å². The summed E-state index contributed by atoms with van der Waals surface area (Å²) in [6, 6.07) is 1.58. The van der Waals surface area contributed by atoms with Crippen LogP contribution in [0, 0.1) is 5.41 Å². The van der Waals surface area contributed by atoms with Crippen molar-refractivity contribution in [1.29, 1.82) is 0 Å². The fourth-order valence-corrected chi connectivity index (χ4v) is 2.09. The Kier molecular flexibility index (Phi) is 3.81. The Morgan fingerprint density at radius 2 is 2.11 bits per heavy atom. The van der Waals surface area contributed by atoms with Crippen LogP contribution in [0.2, 0.25) is 0 Å². The van der Waals surface area contributed by atoms with E-state index in [-0.39, 0.29) is 16.4 Å². The fourth-order valence-electron chi connectivity index (χ4n) is 2.09. The largest absolute Gasteiger partial charge is 0.380 e. The molecule has 1 aromatic rings. The van der Waals surface area contributed by atoms with Crippen LogP contribution in [-0.4, -0.2) is 23.2 Å². The number of aryl methyl sites for hydroxylation is 1. The molecule has 1 aromatic heterocycles. The van der Waals surface area contributed by atoms with Gasteiger partial charge in [-0.15, -0.1) is 0 Å². The molecule has 0 amide bonds. The summed E-state index contributed by atoms with van der Waals surface area (Å²) in [6.07, 6.45) is 2.89. The highest BCUT2D eigenvalue weighted by Crippen LogP contribution is 2.46. The normalized spacial score (nSPS) is 17.5. The smallest absolute Gasteiger partial charge is 0.251 e. The van der Waals surface area contributed by atoms with Crippen LogP contribution in [0.1, 0.15) is 52.1 Å². The highest BCUT2D eigenvalue weighted by Gasteiger charge is 2.47. The minimum Gasteiger partial charge on any atom is -0.380 e. The highest BCUT2D eigenvalue weighted by atomic mass is 16.5. The van der Waals surface area contributed by atoms with Crippen LogP contribution in [0.3, 0.4) is 0 Å². The van der Waals surface area contributed by atoms with Crippen LogP contribution in [0.25, 0.3) is 0 Å². The molecule has 19 heavy (non-hydrogen) atoms. The molecular formula is C15H24N2O2. The van der Waals surface area contributed by atoms with Crippen molar-refractivity contribution in [2.45, 2.75) is 52.4 Å². The number of ether oxygens (including phenoxy) is 1. The maximum absolute atomic E-state index is 11.6. The quantitative estimate of drug-likeness (QED) is 0.888. The number of aromatic nitrogens is 2. The van der Waals surface area contributed by atoms with Gasteiger partial charge in [0.05, 0.1) is 18.6 Å². The number of nitrogens with zero attached hydrogens (tertiary/aromatic N) is 1. The first-order valence-electron chi connectivity index (χ1n) is 7.03. The van der Waals surface area contributed by atoms with E-state index >= 15 is 0 Å². The summed E-state index contributed by atoms with van der Waals surface area (Å²) in [5, 5.41) is 0. The number of H-pyrrole nitrogens is 1. The van der Waals surface area contributed by atoms with Gasteiger partial charge in [0.2, 0.25) is 0 Å². The van der Waals surface area contributed by atoms with Gasteiger partial charge < -0.3 is 9.72 Å². The monoisotopic (exact) mass is 264 g/mol. The Balaban J connectivity index is 2.08. The van der Waals surface area contributed by atoms with Gasteiger partial charge in [-0.05, 0) is 24.7 Å². The third-order valence-electron chi connectivity index (χ3n) is 3.43. The second kappa shape index (κ2) is 5.08. The van der Waals surface area contributed by atoms with Crippen LogP contribution in [-0.2, 0) is 16.6 Å². The molecule has 1 aliphatic rings. The Morgan fingerprint density at radius 3 is 2.63 bits per heavy atom. The molecule has 1 aliphatic carbocycles. The lowest BCUT2D eigenvalue weighted by atomic mass is 9.98. The summed E-state index contributed by atoms with van der Waals surface area (Å²) < 4.78 is 5.83. The first-order valence-corrected chi connectivity index (χ1v) is 7.03. The minimum atomic E-state index is -0.0519. The molecule has 0 spiro atoms. The van der Waals surface area contributed by atoms with E-state index in [9.17, 15) is 4.79 Å². The van der Waals surface area contributed by atoms with E-state index < -0.39 is 0 Å². The van der Waals surface area contributed by atoms with Crippen molar-refractivity contribution >= 4 is 0 Å². The van der Waals surface area contributed by atoms with Crippen molar-refractivity contribution in [1.82, 2.24) is 9.97 Å². The molecular weight excluding hydrogens is 240 g/mol. The summed E-state index contributed by atoms with van der Waals surface area (Å²) in [4.78, 5) is 19.1. The second-order valence-corrected chi connectivity index (χ2v) is 6.77. The van der Waals surface area contributed by atoms with Gasteiger partial charge >= 0.3 is 0 Å². The van der Waals surface area contributed by atoms with E-state index in [1.165, 1.54) is 0 Å². The average Bonchev–Trinajstić information content (AvgIpc) is 3.07. The predicted molar refractivity (Wildman–Crippen MR) is 75.4 cm³/mol. The number of rotatable bonds is 5. The van der Waals surface area contributed by atoms with E-state index in [1.807, 2.05) is 6.92 Å². The molecule has 106 valence electrons. The van der Waals surface area contributed by atoms with Crippen molar-refractivity contribution < 1.29 is 4.74 Å². The van der Waals surface area contributed by atoms with Crippen LogP contribution < -0.4 is 5.56 Å². The average molecular weight is 264 g/mol. The molecule has 4 nitrogen and oxygen atoms in total. The van der Waals surface area contributed by atoms with E-state index in [1.54, 1.807) is 6.07 Å². The third-order valence-corrected chi connectivity index (χ3v) is 3.43. The standard InChI is InChI=1S/C15H24N2O2/c1-5-11-8-12(18)17-13(16-11)15(6-7-15)10-19-9-14(2,3)4/h8H,5-7,9-10H2,1-4H3,(H,16,17,18). The summed E-state index contributed by atoms with van der Waals surface area (Å²) in [5.41, 5.74) is 0.933. The molecule has 0 aromatic carbocycles. The Labute approximate surface area is 114 Å². The Hall–Kier alpha value is -1.16. The van der Waals surface area contributed by atoms with Gasteiger partial charge in [0.15, 0.2) is 0 Å². The van der Waals surface area contributed by atoms with Crippen molar-refractivity contribution in [2.24, 2.45) is 5.41 Å². The van der Waals surface area contributed by atoms with Gasteiger partial charge in [-0.2, -0.15) is 0 Å². The van der Waals surface area contributed by atoms with E-state index in [4.69, 9.17) is 4.74 Å². The zero-order chi connectivity index (χ0) is 14.1. The van der Waals surface area contributed by atoms with E-state index in [2.05, 4.69) is 30.7 Å². The molecule has 1 N–H and O–H groups in total. The molecule has 0 bridgehead atoms. The summed E-state index contributed by atoms with van der Waals surface area (Å²) in [7, 11) is 0. The zero-order valence-corrected chi connectivity index (χ0v) is 12.4. The first-order chi connectivity index (χ1) is 8.85. The summed E-state index contributed by atoms with van der Waals surface area (Å²) >= 11 is 0. The van der Waals surface area contributed by atoms with Gasteiger partial charge in [-0.3, -0.25) is 4.79 Å². The van der Waals surface area contributed by atoms with Gasteiger partial charge in [0.1, 0.15) is 5.82 Å². The molecule has 1 heterocycles. The van der Waals surface area contributed by atoms with Gasteiger partial charge in [0, 0.05) is 11.8 Å². The van der Waals surface area contributed by atoms with E-state index in [0.29, 0.717) is 6.61 Å². The maximum Gasteiger partial charge on any atom is 0.251 e. The molecule has 0 aliphatic heterocycles. The molecule has 0 atom stereocenters. The predicted octanol–water partition coefficient (Wildman–Crippen LogP) is 2.43. The first kappa shape index (κ1) is 14.3. The SMILES string of the molecule is CCc1cc(=O)[nH]c(C2(COCC(C)(C)C)CC2)n1. The second-order valence-electron chi connectivity index (χ2n) is 6.77. The maximum atomic E-state index is 11.6. The molecule has 0 unspecified atom stereocenters. The Morgan fingerprint density at radius 1 is 1.42 bits per heavy atom. The highest BCUT2D eigenvalue weighted by molar-refractivity contribution is 5.20. The third kappa shape index (κ3) is 3.66. The molecule has 2 rings (SSSR count). The van der Waals surface area contributed by atoms with E-state index in [0.717, 1.165) is 37.4 Å². The van der Waals surface area contributed by atoms with Gasteiger partial charge in [0.25, 0.3) is 5.56 Å². The zero-order valence-electron chi connectivity index (χ0n) is 12.4. The van der Waals surface area contributed by atoms with Gasteiger partial charge in [-0.25, -0.2) is 4.98 Å². The lowest BCUT2D eigenvalue weighted by Crippen LogP contribution is -2.26. The number of hydrogen-bond acceptors (Lipinski definition) is 3. The minimum absolute atomic E-state index is 0.0460. The lowest BCUT2D eigenvalue weighted by Gasteiger charge is -2.21. The number of hydrogen-bond donors (Lipinski definition) is 1. The fraction of sp³-hybridized carbons (Fsp3) is 0.733. The van der Waals surface area contributed by atoms with Crippen LogP contribution in [0.15, 0.2) is 10.9 Å². The van der Waals surface area contributed by atoms with Gasteiger partial charge in [-0.1, -0.05) is 27.7 Å². The topological polar surface area (TPSA) is 55.0 Å². The Bertz CT molecular complexity index is 496. The van der Waals surface area contributed by atoms with Crippen molar-refractivity contribution in [3.8, 4) is 0 Å². The summed E-state index contributed by atoms with van der Waals surface area (Å²) in [6.45, 7) is 9.87. The molecule has 1 fully saturated rings. The van der Waals surface area contributed by atoms with Crippen molar-refractivity contribution in [3.63, 3.8) is 0 Å². The van der Waals surface area contributed by atoms with Crippen LogP contribution in [0.5, 0.6) is 0 Å². The molecule has 4 heteroatoms. The molecule has 0 radical (unpaired) electrons. The number of aromatic amines is 1. The molecule has 1 saturated carbocycles. The van der Waals surface area contributed by atoms with Crippen LogP contribution in [0.4, 0.5) is 0 Å². The molecule has 0 saturated heterocycles. The summed E-state index contributed by atoms with van der Waals surface area (Å²) in [5.74, 6) is 0.811. The lowest BCUT2D eigenvalue weighted by molar-refractivity contribution is 0.0554. The van der Waals surface area contributed by atoms with Crippen LogP contribution >= 0.6 is 0 Å². The number of nitrogens with one attached hydrogen (secondary N) is 1.